The van der Waals surface area contributed by atoms with Crippen molar-refractivity contribution in [3.8, 4) is 0 Å². The monoisotopic (exact) mass is 346 g/mol. The number of hydrogen-bond acceptors (Lipinski definition) is 3. The lowest BCUT2D eigenvalue weighted by Gasteiger charge is -2.10. The topological polar surface area (TPSA) is 24.9 Å². The fourth-order valence-corrected chi connectivity index (χ4v) is 3.13. The highest BCUT2D eigenvalue weighted by Crippen LogP contribution is 2.38. The summed E-state index contributed by atoms with van der Waals surface area (Å²) in [6.07, 6.45) is 0.994. The molecule has 2 aromatic rings. The summed E-state index contributed by atoms with van der Waals surface area (Å²) in [6, 6.07) is 9.28. The normalized spacial score (nSPS) is 10.6. The SMILES string of the molecule is CCCNc1nc(Sc2ccccc2Cl)c(Cl)cc1Cl. The van der Waals surface area contributed by atoms with E-state index in [4.69, 9.17) is 34.8 Å². The highest BCUT2D eigenvalue weighted by atomic mass is 35.5. The first-order valence-electron chi connectivity index (χ1n) is 6.14. The second kappa shape index (κ2) is 7.41. The van der Waals surface area contributed by atoms with Crippen LogP contribution < -0.4 is 5.32 Å². The fourth-order valence-electron chi connectivity index (χ4n) is 1.52. The number of anilines is 1. The van der Waals surface area contributed by atoms with Gasteiger partial charge in [0.2, 0.25) is 0 Å². The highest BCUT2D eigenvalue weighted by molar-refractivity contribution is 7.99. The number of benzene rings is 1. The van der Waals surface area contributed by atoms with Crippen LogP contribution in [0.3, 0.4) is 0 Å². The molecule has 0 amide bonds. The molecular formula is C14H13Cl3N2S. The van der Waals surface area contributed by atoms with Gasteiger partial charge in [0.05, 0.1) is 15.1 Å². The molecule has 0 spiro atoms. The molecule has 1 N–H and O–H groups in total. The predicted molar refractivity (Wildman–Crippen MR) is 88.6 cm³/mol. The largest absolute Gasteiger partial charge is 0.369 e. The van der Waals surface area contributed by atoms with Gasteiger partial charge in [0, 0.05) is 11.4 Å². The molecule has 0 aliphatic heterocycles. The van der Waals surface area contributed by atoms with E-state index in [9.17, 15) is 0 Å². The molecule has 20 heavy (non-hydrogen) atoms. The summed E-state index contributed by atoms with van der Waals surface area (Å²) in [7, 11) is 0. The van der Waals surface area contributed by atoms with Crippen molar-refractivity contribution in [2.45, 2.75) is 23.3 Å². The lowest BCUT2D eigenvalue weighted by Crippen LogP contribution is -2.03. The second-order valence-corrected chi connectivity index (χ2v) is 6.32. The maximum absolute atomic E-state index is 6.20. The van der Waals surface area contributed by atoms with Gasteiger partial charge in [-0.1, -0.05) is 65.6 Å². The molecule has 0 bridgehead atoms. The van der Waals surface area contributed by atoms with Gasteiger partial charge in [0.1, 0.15) is 10.8 Å². The molecule has 0 radical (unpaired) electrons. The molecule has 0 aliphatic rings. The Bertz CT molecular complexity index is 605. The Balaban J connectivity index is 2.29. The maximum atomic E-state index is 6.20. The molecule has 0 atom stereocenters. The van der Waals surface area contributed by atoms with Gasteiger partial charge in [-0.3, -0.25) is 0 Å². The molecule has 0 saturated heterocycles. The van der Waals surface area contributed by atoms with E-state index in [1.165, 1.54) is 11.8 Å². The highest BCUT2D eigenvalue weighted by Gasteiger charge is 2.12. The number of nitrogens with one attached hydrogen (secondary N) is 1. The Hall–Kier alpha value is -0.610. The number of pyridine rings is 1. The fraction of sp³-hybridized carbons (Fsp3) is 0.214. The predicted octanol–water partition coefficient (Wildman–Crippen LogP) is 6.01. The van der Waals surface area contributed by atoms with Crippen molar-refractivity contribution in [2.75, 3.05) is 11.9 Å². The molecule has 106 valence electrons. The molecular weight excluding hydrogens is 335 g/mol. The minimum atomic E-state index is 0.516. The molecule has 0 aliphatic carbocycles. The molecule has 0 fully saturated rings. The van der Waals surface area contributed by atoms with Gasteiger partial charge in [0.25, 0.3) is 0 Å². The molecule has 1 heterocycles. The maximum Gasteiger partial charge on any atom is 0.146 e. The summed E-state index contributed by atoms with van der Waals surface area (Å²) in [5.74, 6) is 0.646. The minimum absolute atomic E-state index is 0.516. The Morgan fingerprint density at radius 2 is 1.85 bits per heavy atom. The standard InChI is InChI=1S/C14H13Cl3N2S/c1-2-7-18-13-10(16)8-11(17)14(19-13)20-12-6-4-3-5-9(12)15/h3-6,8H,2,7H2,1H3,(H,18,19). The van der Waals surface area contributed by atoms with Crippen LogP contribution in [0, 0.1) is 0 Å². The number of aromatic nitrogens is 1. The Labute approximate surface area is 137 Å². The molecule has 6 heteroatoms. The summed E-state index contributed by atoms with van der Waals surface area (Å²) in [4.78, 5) is 5.38. The van der Waals surface area contributed by atoms with E-state index < -0.39 is 0 Å². The molecule has 1 aromatic carbocycles. The molecule has 0 saturated carbocycles. The first-order chi connectivity index (χ1) is 9.61. The van der Waals surface area contributed by atoms with Crippen molar-refractivity contribution in [1.82, 2.24) is 4.98 Å². The van der Waals surface area contributed by atoms with Crippen LogP contribution in [0.4, 0.5) is 5.82 Å². The van der Waals surface area contributed by atoms with Gasteiger partial charge < -0.3 is 5.32 Å². The third kappa shape index (κ3) is 3.95. The Morgan fingerprint density at radius 1 is 1.10 bits per heavy atom. The van der Waals surface area contributed by atoms with Crippen molar-refractivity contribution in [1.29, 1.82) is 0 Å². The van der Waals surface area contributed by atoms with E-state index >= 15 is 0 Å². The van der Waals surface area contributed by atoms with Crippen molar-refractivity contribution >= 4 is 52.4 Å². The van der Waals surface area contributed by atoms with E-state index in [0.717, 1.165) is 17.9 Å². The van der Waals surface area contributed by atoms with Crippen LogP contribution in [0.5, 0.6) is 0 Å². The van der Waals surface area contributed by atoms with E-state index in [-0.39, 0.29) is 0 Å². The first kappa shape index (κ1) is 15.8. The summed E-state index contributed by atoms with van der Waals surface area (Å²) in [6.45, 7) is 2.89. The van der Waals surface area contributed by atoms with Gasteiger partial charge in [-0.25, -0.2) is 4.98 Å². The average Bonchev–Trinajstić information content (AvgIpc) is 2.43. The Kier molecular flexibility index (Phi) is 5.85. The van der Waals surface area contributed by atoms with E-state index in [1.54, 1.807) is 6.07 Å². The molecule has 1 aromatic heterocycles. The zero-order valence-corrected chi connectivity index (χ0v) is 13.9. The van der Waals surface area contributed by atoms with Crippen LogP contribution in [-0.2, 0) is 0 Å². The molecule has 2 rings (SSSR count). The molecule has 2 nitrogen and oxygen atoms in total. The van der Waals surface area contributed by atoms with Crippen LogP contribution in [0.2, 0.25) is 15.1 Å². The average molecular weight is 348 g/mol. The lowest BCUT2D eigenvalue weighted by atomic mass is 10.4. The van der Waals surface area contributed by atoms with Gasteiger partial charge in [-0.05, 0) is 24.6 Å². The summed E-state index contributed by atoms with van der Waals surface area (Å²) in [5.41, 5.74) is 0. The van der Waals surface area contributed by atoms with Crippen molar-refractivity contribution in [2.24, 2.45) is 0 Å². The van der Waals surface area contributed by atoms with Gasteiger partial charge in [0.15, 0.2) is 0 Å². The van der Waals surface area contributed by atoms with Crippen LogP contribution in [-0.4, -0.2) is 11.5 Å². The second-order valence-electron chi connectivity index (χ2n) is 4.07. The summed E-state index contributed by atoms with van der Waals surface area (Å²) in [5, 5.41) is 5.58. The van der Waals surface area contributed by atoms with Crippen molar-refractivity contribution in [3.63, 3.8) is 0 Å². The summed E-state index contributed by atoms with van der Waals surface area (Å²) >= 11 is 19.9. The number of nitrogens with zero attached hydrogens (tertiary/aromatic N) is 1. The number of hydrogen-bond donors (Lipinski definition) is 1. The zero-order valence-electron chi connectivity index (χ0n) is 10.8. The van der Waals surface area contributed by atoms with Crippen molar-refractivity contribution < 1.29 is 0 Å². The smallest absolute Gasteiger partial charge is 0.146 e. The van der Waals surface area contributed by atoms with E-state index in [0.29, 0.717) is 25.9 Å². The van der Waals surface area contributed by atoms with Crippen LogP contribution in [0.1, 0.15) is 13.3 Å². The first-order valence-corrected chi connectivity index (χ1v) is 8.09. The van der Waals surface area contributed by atoms with E-state index in [2.05, 4.69) is 17.2 Å². The van der Waals surface area contributed by atoms with Crippen LogP contribution >= 0.6 is 46.6 Å². The van der Waals surface area contributed by atoms with Gasteiger partial charge >= 0.3 is 0 Å². The van der Waals surface area contributed by atoms with Gasteiger partial charge in [-0.2, -0.15) is 0 Å². The summed E-state index contributed by atoms with van der Waals surface area (Å²) < 4.78 is 0. The number of rotatable bonds is 5. The zero-order chi connectivity index (χ0) is 14.5. The Morgan fingerprint density at radius 3 is 2.55 bits per heavy atom. The van der Waals surface area contributed by atoms with Crippen molar-refractivity contribution in [3.05, 3.63) is 45.4 Å². The molecule has 0 unspecified atom stereocenters. The third-order valence-electron chi connectivity index (χ3n) is 2.48. The van der Waals surface area contributed by atoms with E-state index in [1.807, 2.05) is 24.3 Å². The van der Waals surface area contributed by atoms with Crippen LogP contribution in [0.15, 0.2) is 40.3 Å². The van der Waals surface area contributed by atoms with Gasteiger partial charge in [-0.15, -0.1) is 0 Å². The quantitative estimate of drug-likeness (QED) is 0.716. The third-order valence-corrected chi connectivity index (χ3v) is 4.69. The lowest BCUT2D eigenvalue weighted by molar-refractivity contribution is 0.960. The minimum Gasteiger partial charge on any atom is -0.369 e. The number of halogens is 3. The van der Waals surface area contributed by atoms with Crippen LogP contribution in [0.25, 0.3) is 0 Å².